The monoisotopic (exact) mass is 430 g/mol. The highest BCUT2D eigenvalue weighted by Crippen LogP contribution is 2.41. The molecular formula is C21H26N4O4S. The molecule has 2 aliphatic carbocycles. The summed E-state index contributed by atoms with van der Waals surface area (Å²) >= 11 is 0. The molecule has 2 saturated carbocycles. The van der Waals surface area contributed by atoms with Gasteiger partial charge in [-0.3, -0.25) is 9.59 Å². The molecule has 160 valence electrons. The maximum Gasteiger partial charge on any atom is 0.226 e. The number of sulfone groups is 1. The molecule has 1 saturated heterocycles. The average molecular weight is 431 g/mol. The van der Waals surface area contributed by atoms with Crippen LogP contribution in [0.1, 0.15) is 25.7 Å². The zero-order valence-corrected chi connectivity index (χ0v) is 17.5. The van der Waals surface area contributed by atoms with Crippen LogP contribution in [0, 0.1) is 23.2 Å². The molecule has 0 aromatic heterocycles. The first-order valence-corrected chi connectivity index (χ1v) is 11.9. The van der Waals surface area contributed by atoms with E-state index in [0.29, 0.717) is 39.0 Å². The van der Waals surface area contributed by atoms with Crippen molar-refractivity contribution in [2.75, 3.05) is 26.2 Å². The van der Waals surface area contributed by atoms with Gasteiger partial charge in [0.25, 0.3) is 0 Å². The Labute approximate surface area is 176 Å². The number of rotatable bonds is 5. The number of hydrogen-bond donors (Lipinski definition) is 2. The third-order valence-electron chi connectivity index (χ3n) is 6.44. The lowest BCUT2D eigenvalue weighted by Crippen LogP contribution is -2.50. The van der Waals surface area contributed by atoms with Gasteiger partial charge in [0, 0.05) is 26.2 Å². The van der Waals surface area contributed by atoms with Gasteiger partial charge < -0.3 is 15.5 Å². The third kappa shape index (κ3) is 3.94. The summed E-state index contributed by atoms with van der Waals surface area (Å²) in [5.74, 6) is -1.99. The number of nitrogens with zero attached hydrogens (tertiary/aromatic N) is 2. The van der Waals surface area contributed by atoms with Gasteiger partial charge in [-0.25, -0.2) is 8.42 Å². The van der Waals surface area contributed by atoms with Crippen LogP contribution in [-0.4, -0.2) is 62.1 Å². The first-order chi connectivity index (χ1) is 14.4. The largest absolute Gasteiger partial charge is 0.340 e. The van der Waals surface area contributed by atoms with Crippen molar-refractivity contribution in [3.8, 4) is 6.07 Å². The summed E-state index contributed by atoms with van der Waals surface area (Å²) in [6.07, 6.45) is 1.39. The van der Waals surface area contributed by atoms with Crippen molar-refractivity contribution in [2.24, 2.45) is 11.8 Å². The Bertz CT molecular complexity index is 962. The molecule has 3 aliphatic rings. The third-order valence-corrected chi connectivity index (χ3v) is 8.63. The van der Waals surface area contributed by atoms with Crippen LogP contribution in [-0.2, 0) is 19.4 Å². The van der Waals surface area contributed by atoms with Gasteiger partial charge in [0.1, 0.15) is 5.54 Å². The normalized spacial score (nSPS) is 27.8. The van der Waals surface area contributed by atoms with Crippen LogP contribution in [0.15, 0.2) is 35.2 Å². The van der Waals surface area contributed by atoms with E-state index in [1.54, 1.807) is 35.2 Å². The van der Waals surface area contributed by atoms with Crippen LogP contribution in [0.3, 0.4) is 0 Å². The number of hydrogen-bond acceptors (Lipinski definition) is 6. The average Bonchev–Trinajstić information content (AvgIpc) is 3.39. The Balaban J connectivity index is 1.59. The first-order valence-electron chi connectivity index (χ1n) is 10.4. The van der Waals surface area contributed by atoms with Crippen molar-refractivity contribution in [1.29, 1.82) is 5.26 Å². The molecule has 4 rings (SSSR count). The summed E-state index contributed by atoms with van der Waals surface area (Å²) in [4.78, 5) is 28.2. The van der Waals surface area contributed by atoms with Crippen LogP contribution >= 0.6 is 0 Å². The predicted octanol–water partition coefficient (Wildman–Crippen LogP) is 0.459. The summed E-state index contributed by atoms with van der Waals surface area (Å²) in [7, 11) is -3.66. The maximum atomic E-state index is 13.2. The van der Waals surface area contributed by atoms with Crippen LogP contribution in [0.25, 0.3) is 0 Å². The predicted molar refractivity (Wildman–Crippen MR) is 109 cm³/mol. The molecule has 1 aromatic carbocycles. The molecule has 8 nitrogen and oxygen atoms in total. The Morgan fingerprint density at radius 3 is 2.33 bits per heavy atom. The Morgan fingerprint density at radius 2 is 1.73 bits per heavy atom. The maximum absolute atomic E-state index is 13.2. The molecule has 0 bridgehead atoms. The van der Waals surface area contributed by atoms with E-state index in [4.69, 9.17) is 0 Å². The van der Waals surface area contributed by atoms with E-state index in [9.17, 15) is 23.3 Å². The fourth-order valence-electron chi connectivity index (χ4n) is 4.45. The minimum atomic E-state index is -3.66. The van der Waals surface area contributed by atoms with Gasteiger partial charge in [-0.2, -0.15) is 5.26 Å². The quantitative estimate of drug-likeness (QED) is 0.700. The molecule has 1 aromatic rings. The Kier molecular flexibility index (Phi) is 5.55. The van der Waals surface area contributed by atoms with Gasteiger partial charge in [-0.05, 0) is 37.8 Å². The van der Waals surface area contributed by atoms with Crippen molar-refractivity contribution in [1.82, 2.24) is 15.5 Å². The lowest BCUT2D eigenvalue weighted by atomic mass is 9.93. The second-order valence-corrected chi connectivity index (χ2v) is 10.7. The van der Waals surface area contributed by atoms with Gasteiger partial charge in [0.05, 0.1) is 28.1 Å². The van der Waals surface area contributed by atoms with E-state index < -0.39 is 32.5 Å². The van der Waals surface area contributed by atoms with E-state index in [1.165, 1.54) is 0 Å². The lowest BCUT2D eigenvalue weighted by Gasteiger charge is -2.31. The molecule has 0 spiro atoms. The van der Waals surface area contributed by atoms with Crippen molar-refractivity contribution in [3.63, 3.8) is 0 Å². The minimum absolute atomic E-state index is 0.0903. The molecule has 2 N–H and O–H groups in total. The van der Waals surface area contributed by atoms with E-state index in [-0.39, 0.29) is 29.6 Å². The van der Waals surface area contributed by atoms with Crippen molar-refractivity contribution >= 4 is 21.7 Å². The molecule has 1 heterocycles. The lowest BCUT2D eigenvalue weighted by molar-refractivity contribution is -0.141. The summed E-state index contributed by atoms with van der Waals surface area (Å²) in [5.41, 5.74) is -0.851. The van der Waals surface area contributed by atoms with E-state index in [2.05, 4.69) is 16.7 Å². The van der Waals surface area contributed by atoms with Gasteiger partial charge in [-0.1, -0.05) is 18.2 Å². The zero-order chi connectivity index (χ0) is 21.4. The van der Waals surface area contributed by atoms with E-state index in [1.807, 2.05) is 0 Å². The summed E-state index contributed by atoms with van der Waals surface area (Å²) in [6, 6.07) is 10.3. The van der Waals surface area contributed by atoms with Crippen molar-refractivity contribution < 1.29 is 18.0 Å². The summed E-state index contributed by atoms with van der Waals surface area (Å²) in [6.45, 7) is 2.45. The smallest absolute Gasteiger partial charge is 0.226 e. The molecule has 3 atom stereocenters. The van der Waals surface area contributed by atoms with Crippen molar-refractivity contribution in [3.05, 3.63) is 30.3 Å². The fraction of sp³-hybridized carbons (Fsp3) is 0.571. The second-order valence-electron chi connectivity index (χ2n) is 8.42. The van der Waals surface area contributed by atoms with Gasteiger partial charge in [-0.15, -0.1) is 0 Å². The zero-order valence-electron chi connectivity index (χ0n) is 16.7. The topological polar surface area (TPSA) is 119 Å². The van der Waals surface area contributed by atoms with Gasteiger partial charge in [0.2, 0.25) is 11.8 Å². The molecule has 0 unspecified atom stereocenters. The first kappa shape index (κ1) is 20.8. The van der Waals surface area contributed by atoms with E-state index in [0.717, 1.165) is 0 Å². The number of piperazine rings is 1. The number of nitriles is 1. The van der Waals surface area contributed by atoms with Gasteiger partial charge in [0.15, 0.2) is 9.84 Å². The highest BCUT2D eigenvalue weighted by molar-refractivity contribution is 7.92. The minimum Gasteiger partial charge on any atom is -0.340 e. The number of amides is 2. The molecule has 2 amide bonds. The van der Waals surface area contributed by atoms with Crippen LogP contribution in [0.5, 0.6) is 0 Å². The summed E-state index contributed by atoms with van der Waals surface area (Å²) < 4.78 is 26.4. The number of carbonyl (C=O) groups excluding carboxylic acids is 2. The fourth-order valence-corrected chi connectivity index (χ4v) is 6.29. The number of carbonyl (C=O) groups is 2. The summed E-state index contributed by atoms with van der Waals surface area (Å²) in [5, 5.41) is 14.5. The molecule has 9 heteroatoms. The molecule has 1 aliphatic heterocycles. The molecule has 0 radical (unpaired) electrons. The Morgan fingerprint density at radius 1 is 1.10 bits per heavy atom. The molecule has 3 fully saturated rings. The molecular weight excluding hydrogens is 404 g/mol. The highest BCUT2D eigenvalue weighted by atomic mass is 32.2. The van der Waals surface area contributed by atoms with Crippen molar-refractivity contribution in [2.45, 2.75) is 41.4 Å². The van der Waals surface area contributed by atoms with Gasteiger partial charge >= 0.3 is 0 Å². The van der Waals surface area contributed by atoms with Crippen LogP contribution in [0.4, 0.5) is 0 Å². The second kappa shape index (κ2) is 8.00. The Hall–Kier alpha value is -2.44. The number of benzene rings is 1. The van der Waals surface area contributed by atoms with Crippen LogP contribution in [0.2, 0.25) is 0 Å². The van der Waals surface area contributed by atoms with Crippen LogP contribution < -0.4 is 10.6 Å². The number of nitrogens with one attached hydrogen (secondary N) is 2. The van der Waals surface area contributed by atoms with E-state index >= 15 is 0 Å². The standard InChI is InChI=1S/C21H26N4O4S/c22-14-21(6-7-21)24-19(26)17-12-16(30(28,29)15-4-2-1-3-5-15)13-18(17)20(27)25-10-8-23-9-11-25/h1-5,16-18,23H,6-13H2,(H,24,26)/t16-,17-,18-/m1/s1. The SMILES string of the molecule is N#CC1(NC(=O)[C@@H]2C[C@@H](S(=O)(=O)c3ccccc3)C[C@H]2C(=O)N2CCNCC2)CC1. The molecule has 30 heavy (non-hydrogen) atoms. The highest BCUT2D eigenvalue weighted by Gasteiger charge is 2.52.